The predicted molar refractivity (Wildman–Crippen MR) is 117 cm³/mol. The zero-order valence-electron chi connectivity index (χ0n) is 16.7. The van der Waals surface area contributed by atoms with Gasteiger partial charge in [-0.05, 0) is 72.5 Å². The molecule has 5 nitrogen and oxygen atoms in total. The van der Waals surface area contributed by atoms with Crippen LogP contribution in [0.1, 0.15) is 32.6 Å². The number of amides is 1. The van der Waals surface area contributed by atoms with Gasteiger partial charge in [0.1, 0.15) is 5.82 Å². The largest absolute Gasteiger partial charge is 0.399 e. The molecular formula is C23H27FN4O. The van der Waals surface area contributed by atoms with Gasteiger partial charge in [-0.25, -0.2) is 4.39 Å². The quantitative estimate of drug-likeness (QED) is 0.504. The average Bonchev–Trinajstić information content (AvgIpc) is 2.73. The van der Waals surface area contributed by atoms with E-state index in [9.17, 15) is 9.18 Å². The van der Waals surface area contributed by atoms with Crippen LogP contribution in [0.2, 0.25) is 0 Å². The molecule has 0 fully saturated rings. The van der Waals surface area contributed by atoms with E-state index < -0.39 is 0 Å². The Hall–Kier alpha value is -3.22. The Morgan fingerprint density at radius 2 is 1.38 bits per heavy atom. The van der Waals surface area contributed by atoms with Crippen LogP contribution < -0.4 is 22.5 Å². The summed E-state index contributed by atoms with van der Waals surface area (Å²) in [5.41, 5.74) is 22.5. The number of nitrogens with one attached hydrogen (secondary N) is 1. The summed E-state index contributed by atoms with van der Waals surface area (Å²) in [5, 5.41) is 2.80. The fraction of sp³-hybridized carbons (Fsp3) is 0.174. The molecule has 0 aliphatic rings. The molecule has 3 aromatic carbocycles. The average molecular weight is 394 g/mol. The molecule has 0 heterocycles. The fourth-order valence-electron chi connectivity index (χ4n) is 2.58. The SMILES string of the molecule is Cc1cc(NC(=O)c2ccc(F)cc2)c(C)cc1N.NCc1ccc(CN)cc1. The van der Waals surface area contributed by atoms with E-state index in [1.54, 1.807) is 0 Å². The first-order valence-corrected chi connectivity index (χ1v) is 9.25. The number of hydrogen-bond donors (Lipinski definition) is 4. The van der Waals surface area contributed by atoms with Crippen molar-refractivity contribution in [3.05, 3.63) is 94.3 Å². The summed E-state index contributed by atoms with van der Waals surface area (Å²) in [6.07, 6.45) is 0. The number of anilines is 2. The van der Waals surface area contributed by atoms with E-state index in [-0.39, 0.29) is 11.7 Å². The second kappa shape index (κ2) is 10.4. The van der Waals surface area contributed by atoms with E-state index in [0.29, 0.717) is 30.0 Å². The summed E-state index contributed by atoms with van der Waals surface area (Å²) in [7, 11) is 0. The van der Waals surface area contributed by atoms with Crippen molar-refractivity contribution in [1.82, 2.24) is 0 Å². The number of carbonyl (C=O) groups excluding carboxylic acids is 1. The van der Waals surface area contributed by atoms with Gasteiger partial charge >= 0.3 is 0 Å². The van der Waals surface area contributed by atoms with E-state index in [1.165, 1.54) is 24.3 Å². The van der Waals surface area contributed by atoms with Crippen LogP contribution in [0.4, 0.5) is 15.8 Å². The standard InChI is InChI=1S/C15H15FN2O.C8H12N2/c1-9-8-14(10(2)7-13(9)17)18-15(19)11-3-5-12(16)6-4-11;9-5-7-1-2-8(6-10)4-3-7/h3-8H,17H2,1-2H3,(H,18,19);1-4H,5-6,9-10H2. The molecule has 0 unspecified atom stereocenters. The molecule has 0 spiro atoms. The van der Waals surface area contributed by atoms with E-state index >= 15 is 0 Å². The zero-order valence-corrected chi connectivity index (χ0v) is 16.7. The van der Waals surface area contributed by atoms with Gasteiger partial charge in [0, 0.05) is 30.0 Å². The summed E-state index contributed by atoms with van der Waals surface area (Å²) in [6.45, 7) is 4.95. The first-order valence-electron chi connectivity index (χ1n) is 9.25. The number of halogens is 1. The highest BCUT2D eigenvalue weighted by Crippen LogP contribution is 2.22. The van der Waals surface area contributed by atoms with Gasteiger partial charge in [0.05, 0.1) is 0 Å². The van der Waals surface area contributed by atoms with Crippen molar-refractivity contribution >= 4 is 17.3 Å². The van der Waals surface area contributed by atoms with Gasteiger partial charge in [0.25, 0.3) is 5.91 Å². The Kier molecular flexibility index (Phi) is 7.88. The van der Waals surface area contributed by atoms with Gasteiger partial charge < -0.3 is 22.5 Å². The molecule has 0 radical (unpaired) electrons. The minimum Gasteiger partial charge on any atom is -0.399 e. The van der Waals surface area contributed by atoms with Gasteiger partial charge in [-0.2, -0.15) is 0 Å². The third-order valence-electron chi connectivity index (χ3n) is 4.46. The van der Waals surface area contributed by atoms with Gasteiger partial charge in [0.15, 0.2) is 0 Å². The minimum absolute atomic E-state index is 0.271. The summed E-state index contributed by atoms with van der Waals surface area (Å²) < 4.78 is 12.8. The van der Waals surface area contributed by atoms with Gasteiger partial charge in [0.2, 0.25) is 0 Å². The van der Waals surface area contributed by atoms with Crippen LogP contribution in [0.15, 0.2) is 60.7 Å². The van der Waals surface area contributed by atoms with Crippen molar-refractivity contribution < 1.29 is 9.18 Å². The number of benzene rings is 3. The Labute approximate surface area is 170 Å². The first-order chi connectivity index (χ1) is 13.8. The maximum absolute atomic E-state index is 12.8. The second-order valence-corrected chi connectivity index (χ2v) is 6.71. The van der Waals surface area contributed by atoms with Gasteiger partial charge in [-0.15, -0.1) is 0 Å². The third kappa shape index (κ3) is 6.41. The Balaban J connectivity index is 0.000000253. The molecule has 0 saturated heterocycles. The first kappa shape index (κ1) is 22.1. The topological polar surface area (TPSA) is 107 Å². The van der Waals surface area contributed by atoms with Gasteiger partial charge in [-0.1, -0.05) is 24.3 Å². The van der Waals surface area contributed by atoms with Gasteiger partial charge in [-0.3, -0.25) is 4.79 Å². The lowest BCUT2D eigenvalue weighted by molar-refractivity contribution is 0.102. The lowest BCUT2D eigenvalue weighted by Crippen LogP contribution is -2.13. The van der Waals surface area contributed by atoms with Crippen molar-refractivity contribution in [3.8, 4) is 0 Å². The van der Waals surface area contributed by atoms with Crippen LogP contribution >= 0.6 is 0 Å². The van der Waals surface area contributed by atoms with Crippen molar-refractivity contribution in [1.29, 1.82) is 0 Å². The van der Waals surface area contributed by atoms with E-state index in [1.807, 2.05) is 50.2 Å². The maximum Gasteiger partial charge on any atom is 0.255 e. The molecule has 3 rings (SSSR count). The summed E-state index contributed by atoms with van der Waals surface area (Å²) in [5.74, 6) is -0.636. The Morgan fingerprint density at radius 1 is 0.862 bits per heavy atom. The minimum atomic E-state index is -0.365. The number of rotatable bonds is 4. The normalized spacial score (nSPS) is 10.1. The van der Waals surface area contributed by atoms with Crippen molar-refractivity contribution in [2.75, 3.05) is 11.1 Å². The molecule has 29 heavy (non-hydrogen) atoms. The van der Waals surface area contributed by atoms with Crippen LogP contribution in [-0.4, -0.2) is 5.91 Å². The molecule has 0 atom stereocenters. The van der Waals surface area contributed by atoms with Crippen molar-refractivity contribution in [3.63, 3.8) is 0 Å². The zero-order chi connectivity index (χ0) is 21.4. The molecule has 3 aromatic rings. The number of nitrogen functional groups attached to an aromatic ring is 1. The number of nitrogens with two attached hydrogens (primary N) is 3. The summed E-state index contributed by atoms with van der Waals surface area (Å²) >= 11 is 0. The fourth-order valence-corrected chi connectivity index (χ4v) is 2.58. The van der Waals surface area contributed by atoms with Crippen LogP contribution in [0.25, 0.3) is 0 Å². The second-order valence-electron chi connectivity index (χ2n) is 6.71. The predicted octanol–water partition coefficient (Wildman–Crippen LogP) is 3.88. The highest BCUT2D eigenvalue weighted by molar-refractivity contribution is 6.04. The lowest BCUT2D eigenvalue weighted by atomic mass is 10.1. The maximum atomic E-state index is 12.8. The van der Waals surface area contributed by atoms with E-state index in [0.717, 1.165) is 22.3 Å². The summed E-state index contributed by atoms with van der Waals surface area (Å²) in [4.78, 5) is 12.0. The number of carbonyl (C=O) groups is 1. The van der Waals surface area contributed by atoms with Crippen LogP contribution in [0, 0.1) is 19.7 Å². The Morgan fingerprint density at radius 3 is 1.86 bits per heavy atom. The molecule has 152 valence electrons. The van der Waals surface area contributed by atoms with Crippen LogP contribution in [-0.2, 0) is 13.1 Å². The Bertz CT molecular complexity index is 931. The highest BCUT2D eigenvalue weighted by atomic mass is 19.1. The molecular weight excluding hydrogens is 367 g/mol. The number of hydrogen-bond acceptors (Lipinski definition) is 4. The third-order valence-corrected chi connectivity index (χ3v) is 4.46. The molecule has 0 saturated carbocycles. The molecule has 1 amide bonds. The van der Waals surface area contributed by atoms with Crippen molar-refractivity contribution in [2.24, 2.45) is 11.5 Å². The van der Waals surface area contributed by atoms with E-state index in [2.05, 4.69) is 5.32 Å². The molecule has 7 N–H and O–H groups in total. The monoisotopic (exact) mass is 394 g/mol. The molecule has 0 aliphatic heterocycles. The summed E-state index contributed by atoms with van der Waals surface area (Å²) in [6, 6.07) is 17.1. The molecule has 6 heteroatoms. The van der Waals surface area contributed by atoms with E-state index in [4.69, 9.17) is 17.2 Å². The highest BCUT2D eigenvalue weighted by Gasteiger charge is 2.09. The lowest BCUT2D eigenvalue weighted by Gasteiger charge is -2.11. The number of aryl methyl sites for hydroxylation is 2. The molecule has 0 aromatic heterocycles. The smallest absolute Gasteiger partial charge is 0.255 e. The van der Waals surface area contributed by atoms with Crippen LogP contribution in [0.3, 0.4) is 0 Å². The van der Waals surface area contributed by atoms with Crippen LogP contribution in [0.5, 0.6) is 0 Å². The molecule has 0 bridgehead atoms. The molecule has 0 aliphatic carbocycles. The van der Waals surface area contributed by atoms with Crippen molar-refractivity contribution in [2.45, 2.75) is 26.9 Å².